The third kappa shape index (κ3) is 3.71. The number of nitro groups is 1. The van der Waals surface area contributed by atoms with Crippen molar-refractivity contribution in [2.24, 2.45) is 5.92 Å². The van der Waals surface area contributed by atoms with Gasteiger partial charge in [-0.05, 0) is 36.5 Å². The van der Waals surface area contributed by atoms with Gasteiger partial charge < -0.3 is 9.64 Å². The number of carbonyl (C=O) groups is 2. The van der Waals surface area contributed by atoms with Gasteiger partial charge in [-0.1, -0.05) is 6.92 Å². The number of hydrogen-bond acceptors (Lipinski definition) is 6. The molecule has 0 bridgehead atoms. The molecule has 8 heteroatoms. The molecular weight excluding hydrogens is 350 g/mol. The Hall–Kier alpha value is -2.74. The SMILES string of the molecule is COCCN1C(=O)C(c2ccc([N+](=O)[O-])cc2)=C(N2CCCC(C)C2)C1=O. The van der Waals surface area contributed by atoms with E-state index in [9.17, 15) is 19.7 Å². The van der Waals surface area contributed by atoms with Crippen molar-refractivity contribution in [3.05, 3.63) is 45.6 Å². The molecule has 1 saturated heterocycles. The second kappa shape index (κ2) is 7.87. The summed E-state index contributed by atoms with van der Waals surface area (Å²) in [5.41, 5.74) is 1.18. The maximum atomic E-state index is 13.0. The van der Waals surface area contributed by atoms with Crippen molar-refractivity contribution in [3.63, 3.8) is 0 Å². The maximum absolute atomic E-state index is 13.0. The molecule has 0 spiro atoms. The summed E-state index contributed by atoms with van der Waals surface area (Å²) in [6.07, 6.45) is 2.05. The average Bonchev–Trinajstić information content (AvgIpc) is 2.90. The summed E-state index contributed by atoms with van der Waals surface area (Å²) < 4.78 is 5.03. The molecule has 1 aromatic rings. The molecule has 27 heavy (non-hydrogen) atoms. The van der Waals surface area contributed by atoms with Crippen molar-refractivity contribution in [2.75, 3.05) is 33.4 Å². The topological polar surface area (TPSA) is 93.0 Å². The van der Waals surface area contributed by atoms with Crippen LogP contribution in [0.4, 0.5) is 5.69 Å². The largest absolute Gasteiger partial charge is 0.383 e. The van der Waals surface area contributed by atoms with Crippen LogP contribution in [0.1, 0.15) is 25.3 Å². The Morgan fingerprint density at radius 1 is 1.22 bits per heavy atom. The Kier molecular flexibility index (Phi) is 5.55. The quantitative estimate of drug-likeness (QED) is 0.430. The van der Waals surface area contributed by atoms with Crippen molar-refractivity contribution < 1.29 is 19.2 Å². The Bertz CT molecular complexity index is 787. The molecule has 8 nitrogen and oxygen atoms in total. The monoisotopic (exact) mass is 373 g/mol. The number of nitro benzene ring substituents is 1. The summed E-state index contributed by atoms with van der Waals surface area (Å²) in [6, 6.07) is 5.78. The molecule has 1 fully saturated rings. The minimum atomic E-state index is -0.488. The summed E-state index contributed by atoms with van der Waals surface area (Å²) in [5, 5.41) is 10.9. The zero-order valence-electron chi connectivity index (χ0n) is 15.5. The molecular formula is C19H23N3O5. The van der Waals surface area contributed by atoms with Gasteiger partial charge in [0.25, 0.3) is 17.5 Å². The number of ether oxygens (including phenoxy) is 1. The van der Waals surface area contributed by atoms with Gasteiger partial charge in [-0.15, -0.1) is 0 Å². The second-order valence-electron chi connectivity index (χ2n) is 6.98. The summed E-state index contributed by atoms with van der Waals surface area (Å²) >= 11 is 0. The first-order valence-corrected chi connectivity index (χ1v) is 9.03. The molecule has 3 rings (SSSR count). The van der Waals surface area contributed by atoms with Gasteiger partial charge >= 0.3 is 0 Å². The number of methoxy groups -OCH3 is 1. The second-order valence-corrected chi connectivity index (χ2v) is 6.98. The van der Waals surface area contributed by atoms with Gasteiger partial charge in [0.15, 0.2) is 0 Å². The van der Waals surface area contributed by atoms with Gasteiger partial charge in [0.2, 0.25) is 0 Å². The van der Waals surface area contributed by atoms with Crippen LogP contribution in [0.2, 0.25) is 0 Å². The molecule has 0 aromatic heterocycles. The maximum Gasteiger partial charge on any atom is 0.277 e. The Morgan fingerprint density at radius 3 is 2.52 bits per heavy atom. The molecule has 144 valence electrons. The summed E-state index contributed by atoms with van der Waals surface area (Å²) in [4.78, 5) is 39.6. The molecule has 1 aromatic carbocycles. The lowest BCUT2D eigenvalue weighted by Gasteiger charge is -2.33. The molecule has 2 amide bonds. The normalized spacial score (nSPS) is 20.6. The molecule has 2 aliphatic rings. The molecule has 2 aliphatic heterocycles. The predicted molar refractivity (Wildman–Crippen MR) is 98.6 cm³/mol. The first-order valence-electron chi connectivity index (χ1n) is 9.03. The van der Waals surface area contributed by atoms with Crippen LogP contribution in [0, 0.1) is 16.0 Å². The standard InChI is InChI=1S/C19H23N3O5/c1-13-4-3-9-20(12-13)17-16(14-5-7-15(8-6-14)22(25)26)18(23)21(19(17)24)10-11-27-2/h5-8,13H,3-4,9-12H2,1-2H3. The number of imide groups is 1. The van der Waals surface area contributed by atoms with Crippen LogP contribution in [0.3, 0.4) is 0 Å². The van der Waals surface area contributed by atoms with E-state index in [4.69, 9.17) is 4.74 Å². The third-order valence-corrected chi connectivity index (χ3v) is 5.00. The highest BCUT2D eigenvalue weighted by molar-refractivity contribution is 6.35. The number of carbonyl (C=O) groups excluding carboxylic acids is 2. The lowest BCUT2D eigenvalue weighted by Crippen LogP contribution is -2.40. The molecule has 0 N–H and O–H groups in total. The molecule has 0 saturated carbocycles. The first-order chi connectivity index (χ1) is 12.9. The van der Waals surface area contributed by atoms with Crippen molar-refractivity contribution in [2.45, 2.75) is 19.8 Å². The van der Waals surface area contributed by atoms with Crippen molar-refractivity contribution >= 4 is 23.1 Å². The summed E-state index contributed by atoms with van der Waals surface area (Å²) in [5.74, 6) is -0.265. The lowest BCUT2D eigenvalue weighted by molar-refractivity contribution is -0.384. The zero-order valence-corrected chi connectivity index (χ0v) is 15.5. The molecule has 0 aliphatic carbocycles. The van der Waals surface area contributed by atoms with Crippen molar-refractivity contribution in [3.8, 4) is 0 Å². The zero-order chi connectivity index (χ0) is 19.6. The summed E-state index contributed by atoms with van der Waals surface area (Å²) in [7, 11) is 1.52. The van der Waals surface area contributed by atoms with Crippen LogP contribution >= 0.6 is 0 Å². The van der Waals surface area contributed by atoms with E-state index in [2.05, 4.69) is 6.92 Å². The number of benzene rings is 1. The van der Waals surface area contributed by atoms with Crippen LogP contribution < -0.4 is 0 Å². The van der Waals surface area contributed by atoms with Crippen molar-refractivity contribution in [1.29, 1.82) is 0 Å². The minimum absolute atomic E-state index is 0.0551. The van der Waals surface area contributed by atoms with Crippen molar-refractivity contribution in [1.82, 2.24) is 9.80 Å². The number of nitrogens with zero attached hydrogens (tertiary/aromatic N) is 3. The predicted octanol–water partition coefficient (Wildman–Crippen LogP) is 2.05. The highest BCUT2D eigenvalue weighted by Crippen LogP contribution is 2.34. The fourth-order valence-electron chi connectivity index (χ4n) is 3.64. The number of non-ortho nitro benzene ring substituents is 1. The van der Waals surface area contributed by atoms with Gasteiger partial charge in [0.1, 0.15) is 5.70 Å². The van der Waals surface area contributed by atoms with Crippen LogP contribution in [0.5, 0.6) is 0 Å². The number of piperidine rings is 1. The highest BCUT2D eigenvalue weighted by Gasteiger charge is 2.42. The van der Waals surface area contributed by atoms with E-state index in [1.54, 1.807) is 0 Å². The number of amides is 2. The van der Waals surface area contributed by atoms with E-state index >= 15 is 0 Å². The van der Waals surface area contributed by atoms with Crippen LogP contribution in [0.25, 0.3) is 5.57 Å². The molecule has 2 heterocycles. The molecule has 0 radical (unpaired) electrons. The van der Waals surface area contributed by atoms with Gasteiger partial charge in [-0.3, -0.25) is 24.6 Å². The van der Waals surface area contributed by atoms with Crippen LogP contribution in [0.15, 0.2) is 30.0 Å². The lowest BCUT2D eigenvalue weighted by atomic mass is 9.97. The smallest absolute Gasteiger partial charge is 0.277 e. The van der Waals surface area contributed by atoms with E-state index in [1.165, 1.54) is 36.3 Å². The summed E-state index contributed by atoms with van der Waals surface area (Å²) in [6.45, 7) is 3.99. The Balaban J connectivity index is 2.03. The van der Waals surface area contributed by atoms with Gasteiger partial charge in [0.05, 0.1) is 23.6 Å². The first kappa shape index (κ1) is 19.0. The minimum Gasteiger partial charge on any atom is -0.383 e. The van der Waals surface area contributed by atoms with Gasteiger partial charge in [-0.2, -0.15) is 0 Å². The number of hydrogen-bond donors (Lipinski definition) is 0. The Labute approximate surface area is 157 Å². The third-order valence-electron chi connectivity index (χ3n) is 5.00. The van der Waals surface area contributed by atoms with E-state index in [0.29, 0.717) is 35.8 Å². The highest BCUT2D eigenvalue weighted by atomic mass is 16.6. The fraction of sp³-hybridized carbons (Fsp3) is 0.474. The van der Waals surface area contributed by atoms with E-state index < -0.39 is 4.92 Å². The van der Waals surface area contributed by atoms with Crippen LogP contribution in [-0.2, 0) is 14.3 Å². The van der Waals surface area contributed by atoms with Gasteiger partial charge in [0, 0.05) is 32.3 Å². The number of likely N-dealkylation sites (tertiary alicyclic amines) is 1. The van der Waals surface area contributed by atoms with Crippen LogP contribution in [-0.4, -0.2) is 59.9 Å². The van der Waals surface area contributed by atoms with Gasteiger partial charge in [-0.25, -0.2) is 0 Å². The van der Waals surface area contributed by atoms with E-state index in [0.717, 1.165) is 12.8 Å². The number of rotatable bonds is 6. The van der Waals surface area contributed by atoms with E-state index in [1.807, 2.05) is 4.90 Å². The average molecular weight is 373 g/mol. The Morgan fingerprint density at radius 2 is 1.93 bits per heavy atom. The molecule has 1 atom stereocenters. The molecule has 1 unspecified atom stereocenters. The fourth-order valence-corrected chi connectivity index (χ4v) is 3.64. The van der Waals surface area contributed by atoms with E-state index in [-0.39, 0.29) is 30.7 Å².